The quantitative estimate of drug-likeness (QED) is 0.872. The molecule has 0 spiro atoms. The third-order valence-corrected chi connectivity index (χ3v) is 4.78. The van der Waals surface area contributed by atoms with Crippen LogP contribution in [0.3, 0.4) is 0 Å². The van der Waals surface area contributed by atoms with Crippen molar-refractivity contribution in [2.45, 2.75) is 37.6 Å². The minimum absolute atomic E-state index is 0.113. The van der Waals surface area contributed by atoms with Crippen molar-refractivity contribution in [3.8, 4) is 0 Å². The zero-order valence-corrected chi connectivity index (χ0v) is 10.7. The lowest BCUT2D eigenvalue weighted by Gasteiger charge is -2.10. The molecule has 1 saturated carbocycles. The Kier molecular flexibility index (Phi) is 3.45. The molecule has 0 aliphatic heterocycles. The Morgan fingerprint density at radius 3 is 2.62 bits per heavy atom. The third-order valence-electron chi connectivity index (χ3n) is 3.31. The fraction of sp³-hybridized carbons (Fsp3) is 0.538. The largest absolute Gasteiger partial charge is 0.327 e. The van der Waals surface area contributed by atoms with Gasteiger partial charge in [-0.05, 0) is 55.9 Å². The monoisotopic (exact) mass is 237 g/mol. The molecule has 16 heavy (non-hydrogen) atoms. The van der Waals surface area contributed by atoms with E-state index in [-0.39, 0.29) is 6.04 Å². The number of hydrogen-bond acceptors (Lipinski definition) is 2. The highest BCUT2D eigenvalue weighted by atomic mass is 32.2. The maximum atomic E-state index is 12.1. The third kappa shape index (κ3) is 2.71. The second kappa shape index (κ2) is 4.68. The first kappa shape index (κ1) is 11.8. The molecule has 2 nitrogen and oxygen atoms in total. The van der Waals surface area contributed by atoms with Gasteiger partial charge in [-0.15, -0.1) is 0 Å². The Hall–Kier alpha value is -0.670. The van der Waals surface area contributed by atoms with Gasteiger partial charge in [0.15, 0.2) is 0 Å². The Balaban J connectivity index is 2.05. The average molecular weight is 237 g/mol. The average Bonchev–Trinajstić information content (AvgIpc) is 3.05. The second-order valence-electron chi connectivity index (χ2n) is 4.76. The summed E-state index contributed by atoms with van der Waals surface area (Å²) < 4.78 is 12.1. The molecule has 2 atom stereocenters. The van der Waals surface area contributed by atoms with Gasteiger partial charge in [-0.3, -0.25) is 4.21 Å². The maximum Gasteiger partial charge on any atom is 0.0545 e. The van der Waals surface area contributed by atoms with E-state index >= 15 is 0 Å². The van der Waals surface area contributed by atoms with E-state index in [9.17, 15) is 4.21 Å². The number of rotatable bonds is 4. The summed E-state index contributed by atoms with van der Waals surface area (Å²) in [7, 11) is -0.938. The van der Waals surface area contributed by atoms with Gasteiger partial charge in [0.2, 0.25) is 0 Å². The van der Waals surface area contributed by atoms with Gasteiger partial charge >= 0.3 is 0 Å². The van der Waals surface area contributed by atoms with E-state index in [1.54, 1.807) is 0 Å². The smallest absolute Gasteiger partial charge is 0.0545 e. The fourth-order valence-corrected chi connectivity index (χ4v) is 3.13. The normalized spacial score (nSPS) is 19.4. The van der Waals surface area contributed by atoms with Crippen molar-refractivity contribution in [2.75, 3.05) is 5.75 Å². The van der Waals surface area contributed by atoms with Gasteiger partial charge in [0.05, 0.1) is 10.8 Å². The highest BCUT2D eigenvalue weighted by Crippen LogP contribution is 2.32. The minimum atomic E-state index is -0.938. The van der Waals surface area contributed by atoms with E-state index in [4.69, 9.17) is 5.73 Å². The first-order chi connectivity index (χ1) is 7.58. The fourth-order valence-electron chi connectivity index (χ4n) is 1.79. The first-order valence-corrected chi connectivity index (χ1v) is 7.11. The van der Waals surface area contributed by atoms with Crippen LogP contribution >= 0.6 is 0 Å². The van der Waals surface area contributed by atoms with Crippen LogP contribution in [0, 0.1) is 19.8 Å². The zero-order valence-electron chi connectivity index (χ0n) is 9.90. The molecule has 0 saturated heterocycles. The van der Waals surface area contributed by atoms with Crippen LogP contribution in [0.5, 0.6) is 0 Å². The molecule has 1 aromatic carbocycles. The molecular weight excluding hydrogens is 218 g/mol. The first-order valence-electron chi connectivity index (χ1n) is 5.79. The SMILES string of the molecule is Cc1ccc(S(=O)CC(N)C2CC2)cc1C. The summed E-state index contributed by atoms with van der Waals surface area (Å²) in [6.45, 7) is 4.12. The molecule has 0 amide bonds. The van der Waals surface area contributed by atoms with Gasteiger partial charge in [0, 0.05) is 16.7 Å². The molecule has 1 fully saturated rings. The number of benzene rings is 1. The van der Waals surface area contributed by atoms with Crippen LogP contribution < -0.4 is 5.73 Å². The van der Waals surface area contributed by atoms with Crippen LogP contribution in [-0.4, -0.2) is 16.0 Å². The summed E-state index contributed by atoms with van der Waals surface area (Å²) in [6.07, 6.45) is 2.43. The Bertz CT molecular complexity index is 412. The number of aryl methyl sites for hydroxylation is 2. The molecule has 2 unspecified atom stereocenters. The highest BCUT2D eigenvalue weighted by Gasteiger charge is 2.29. The summed E-state index contributed by atoms with van der Waals surface area (Å²) in [5.74, 6) is 1.23. The van der Waals surface area contributed by atoms with Crippen LogP contribution in [-0.2, 0) is 10.8 Å². The summed E-state index contributed by atoms with van der Waals surface area (Å²) in [4.78, 5) is 0.916. The van der Waals surface area contributed by atoms with Gasteiger partial charge < -0.3 is 5.73 Å². The lowest BCUT2D eigenvalue weighted by molar-refractivity contribution is 0.634. The van der Waals surface area contributed by atoms with Gasteiger partial charge in [0.25, 0.3) is 0 Å². The number of hydrogen-bond donors (Lipinski definition) is 1. The summed E-state index contributed by atoms with van der Waals surface area (Å²) in [6, 6.07) is 6.12. The van der Waals surface area contributed by atoms with E-state index in [1.807, 2.05) is 18.2 Å². The van der Waals surface area contributed by atoms with Gasteiger partial charge in [-0.2, -0.15) is 0 Å². The van der Waals surface area contributed by atoms with E-state index in [1.165, 1.54) is 24.0 Å². The molecule has 0 radical (unpaired) electrons. The Morgan fingerprint density at radius 1 is 1.38 bits per heavy atom. The van der Waals surface area contributed by atoms with E-state index in [0.717, 1.165) is 4.90 Å². The van der Waals surface area contributed by atoms with Gasteiger partial charge in [0.1, 0.15) is 0 Å². The van der Waals surface area contributed by atoms with Crippen LogP contribution in [0.1, 0.15) is 24.0 Å². The van der Waals surface area contributed by atoms with Crippen molar-refractivity contribution in [2.24, 2.45) is 11.7 Å². The molecular formula is C13H19NOS. The topological polar surface area (TPSA) is 43.1 Å². The van der Waals surface area contributed by atoms with Crippen LogP contribution in [0.4, 0.5) is 0 Å². The minimum Gasteiger partial charge on any atom is -0.327 e. The standard InChI is InChI=1S/C13H19NOS/c1-9-3-6-12(7-10(9)2)16(15)8-13(14)11-4-5-11/h3,6-7,11,13H,4-5,8,14H2,1-2H3. The molecule has 1 aromatic rings. The summed E-state index contributed by atoms with van der Waals surface area (Å²) >= 11 is 0. The van der Waals surface area contributed by atoms with Crippen molar-refractivity contribution < 1.29 is 4.21 Å². The Labute approximate surface area is 99.7 Å². The molecule has 1 aliphatic carbocycles. The van der Waals surface area contributed by atoms with Gasteiger partial charge in [-0.25, -0.2) is 0 Å². The molecule has 88 valence electrons. The van der Waals surface area contributed by atoms with Crippen molar-refractivity contribution in [1.82, 2.24) is 0 Å². The van der Waals surface area contributed by atoms with Crippen LogP contribution in [0.2, 0.25) is 0 Å². The highest BCUT2D eigenvalue weighted by molar-refractivity contribution is 7.85. The molecule has 0 heterocycles. The molecule has 2 rings (SSSR count). The predicted molar refractivity (Wildman–Crippen MR) is 67.9 cm³/mol. The van der Waals surface area contributed by atoms with E-state index < -0.39 is 10.8 Å². The lowest BCUT2D eigenvalue weighted by Crippen LogP contribution is -2.29. The number of nitrogens with two attached hydrogens (primary N) is 1. The van der Waals surface area contributed by atoms with Crippen molar-refractivity contribution in [1.29, 1.82) is 0 Å². The van der Waals surface area contributed by atoms with Crippen LogP contribution in [0.25, 0.3) is 0 Å². The second-order valence-corrected chi connectivity index (χ2v) is 6.26. The van der Waals surface area contributed by atoms with Crippen LogP contribution in [0.15, 0.2) is 23.1 Å². The maximum absolute atomic E-state index is 12.1. The summed E-state index contributed by atoms with van der Waals surface area (Å²) in [5, 5.41) is 0. The predicted octanol–water partition coefficient (Wildman–Crippen LogP) is 2.15. The molecule has 1 aliphatic rings. The van der Waals surface area contributed by atoms with Crippen molar-refractivity contribution in [3.05, 3.63) is 29.3 Å². The molecule has 0 bridgehead atoms. The molecule has 3 heteroatoms. The molecule has 0 aromatic heterocycles. The zero-order chi connectivity index (χ0) is 11.7. The Morgan fingerprint density at radius 2 is 2.06 bits per heavy atom. The van der Waals surface area contributed by atoms with E-state index in [0.29, 0.717) is 11.7 Å². The molecule has 2 N–H and O–H groups in total. The van der Waals surface area contributed by atoms with E-state index in [2.05, 4.69) is 13.8 Å². The summed E-state index contributed by atoms with van der Waals surface area (Å²) in [5.41, 5.74) is 8.43. The van der Waals surface area contributed by atoms with Crippen molar-refractivity contribution >= 4 is 10.8 Å². The van der Waals surface area contributed by atoms with Crippen molar-refractivity contribution in [3.63, 3.8) is 0 Å². The van der Waals surface area contributed by atoms with Gasteiger partial charge in [-0.1, -0.05) is 6.07 Å². The lowest BCUT2D eigenvalue weighted by atomic mass is 10.1.